The maximum atomic E-state index is 12.1. The monoisotopic (exact) mass is 510 g/mol. The van der Waals surface area contributed by atoms with Gasteiger partial charge in [0, 0.05) is 3.57 Å². The molecule has 8 nitrogen and oxygen atoms in total. The van der Waals surface area contributed by atoms with Gasteiger partial charge in [-0.25, -0.2) is 14.8 Å². The number of hydrazone groups is 1. The number of nitrogens with zero attached hydrogens (tertiary/aromatic N) is 2. The summed E-state index contributed by atoms with van der Waals surface area (Å²) in [6.45, 7) is 0. The van der Waals surface area contributed by atoms with E-state index in [4.69, 9.17) is 11.6 Å². The Labute approximate surface area is 176 Å². The van der Waals surface area contributed by atoms with E-state index in [0.717, 1.165) is 14.4 Å². The molecule has 0 aliphatic carbocycles. The van der Waals surface area contributed by atoms with Crippen molar-refractivity contribution in [3.05, 3.63) is 89.1 Å². The van der Waals surface area contributed by atoms with Crippen LogP contribution in [0.25, 0.3) is 5.69 Å². The summed E-state index contributed by atoms with van der Waals surface area (Å²) in [5.41, 5.74) is 0.825. The van der Waals surface area contributed by atoms with Gasteiger partial charge in [0.2, 0.25) is 5.88 Å². The van der Waals surface area contributed by atoms with Crippen LogP contribution in [0.3, 0.4) is 0 Å². The van der Waals surface area contributed by atoms with Gasteiger partial charge in [0.15, 0.2) is 0 Å². The number of aromatic nitrogens is 2. The Bertz CT molecular complexity index is 1190. The fourth-order valence-corrected chi connectivity index (χ4v) is 2.93. The molecule has 1 heterocycles. The summed E-state index contributed by atoms with van der Waals surface area (Å²) in [6, 6.07) is 13.1. The molecule has 0 aliphatic rings. The first-order valence-corrected chi connectivity index (χ1v) is 9.26. The lowest BCUT2D eigenvalue weighted by Crippen LogP contribution is -2.31. The fraction of sp³-hybridized carbons (Fsp3) is 0. The number of halogens is 2. The standard InChI is InChI=1S/C18H12ClIN4O4/c19-14-4-2-1-3-12(14)16(26)23-21-9-13-15(25)22-18(28)24(17(13)27)11-7-5-10(20)6-8-11/h1-9,27H,(H,23,26)(H,22,25,28)/b21-9+. The van der Waals surface area contributed by atoms with Crippen molar-refractivity contribution >= 4 is 46.3 Å². The topological polar surface area (TPSA) is 117 Å². The number of hydrogen-bond donors (Lipinski definition) is 3. The number of aromatic hydroxyl groups is 1. The second kappa shape index (κ2) is 8.40. The molecule has 0 spiro atoms. The van der Waals surface area contributed by atoms with Gasteiger partial charge in [0.05, 0.1) is 22.5 Å². The van der Waals surface area contributed by atoms with Gasteiger partial charge >= 0.3 is 5.69 Å². The number of nitrogens with one attached hydrogen (secondary N) is 2. The van der Waals surface area contributed by atoms with Crippen molar-refractivity contribution in [1.29, 1.82) is 0 Å². The van der Waals surface area contributed by atoms with Crippen molar-refractivity contribution < 1.29 is 9.90 Å². The van der Waals surface area contributed by atoms with Crippen LogP contribution in [0.15, 0.2) is 63.2 Å². The molecule has 10 heteroatoms. The molecular weight excluding hydrogens is 499 g/mol. The van der Waals surface area contributed by atoms with E-state index in [1.54, 1.807) is 42.5 Å². The zero-order chi connectivity index (χ0) is 20.3. The molecule has 28 heavy (non-hydrogen) atoms. The second-order valence-electron chi connectivity index (χ2n) is 5.49. The normalized spacial score (nSPS) is 10.9. The zero-order valence-electron chi connectivity index (χ0n) is 14.0. The molecular formula is C18H12ClIN4O4. The summed E-state index contributed by atoms with van der Waals surface area (Å²) in [6.07, 6.45) is 0.950. The van der Waals surface area contributed by atoms with Gasteiger partial charge in [-0.05, 0) is 59.0 Å². The minimum absolute atomic E-state index is 0.198. The summed E-state index contributed by atoms with van der Waals surface area (Å²) in [5, 5.41) is 14.3. The molecule has 0 radical (unpaired) electrons. The van der Waals surface area contributed by atoms with E-state index in [-0.39, 0.29) is 16.1 Å². The number of aromatic amines is 1. The van der Waals surface area contributed by atoms with Crippen LogP contribution in [0.5, 0.6) is 5.88 Å². The van der Waals surface area contributed by atoms with E-state index < -0.39 is 23.0 Å². The van der Waals surface area contributed by atoms with E-state index in [2.05, 4.69) is 38.1 Å². The average Bonchev–Trinajstić information content (AvgIpc) is 2.66. The van der Waals surface area contributed by atoms with Gasteiger partial charge in [0.1, 0.15) is 5.56 Å². The minimum Gasteiger partial charge on any atom is -0.493 e. The number of amides is 1. The Morgan fingerprint density at radius 3 is 2.54 bits per heavy atom. The number of benzene rings is 2. The maximum Gasteiger partial charge on any atom is 0.335 e. The molecule has 0 aliphatic heterocycles. The Morgan fingerprint density at radius 2 is 1.86 bits per heavy atom. The van der Waals surface area contributed by atoms with Gasteiger partial charge in [0.25, 0.3) is 11.5 Å². The number of hydrogen-bond acceptors (Lipinski definition) is 5. The van der Waals surface area contributed by atoms with Crippen LogP contribution in [0.1, 0.15) is 15.9 Å². The summed E-state index contributed by atoms with van der Waals surface area (Å²) >= 11 is 8.03. The molecule has 3 aromatic rings. The molecule has 0 saturated heterocycles. The number of carbonyl (C=O) groups is 1. The summed E-state index contributed by atoms with van der Waals surface area (Å²) < 4.78 is 1.86. The van der Waals surface area contributed by atoms with Crippen LogP contribution in [-0.4, -0.2) is 26.8 Å². The molecule has 1 aromatic heterocycles. The van der Waals surface area contributed by atoms with Gasteiger partial charge in [-0.3, -0.25) is 14.6 Å². The van der Waals surface area contributed by atoms with Gasteiger partial charge in [-0.2, -0.15) is 5.10 Å². The predicted molar refractivity (Wildman–Crippen MR) is 114 cm³/mol. The van der Waals surface area contributed by atoms with Crippen molar-refractivity contribution in [1.82, 2.24) is 15.0 Å². The molecule has 0 saturated carbocycles. The summed E-state index contributed by atoms with van der Waals surface area (Å²) in [7, 11) is 0. The lowest BCUT2D eigenvalue weighted by molar-refractivity contribution is 0.0955. The highest BCUT2D eigenvalue weighted by molar-refractivity contribution is 14.1. The van der Waals surface area contributed by atoms with Crippen molar-refractivity contribution in [2.24, 2.45) is 5.10 Å². The SMILES string of the molecule is O=C(N/N=C/c1c(O)n(-c2ccc(I)cc2)c(=O)[nH]c1=O)c1ccccc1Cl. The molecule has 3 N–H and O–H groups in total. The molecule has 2 aromatic carbocycles. The molecule has 1 amide bonds. The minimum atomic E-state index is -0.847. The van der Waals surface area contributed by atoms with Crippen molar-refractivity contribution in [3.8, 4) is 11.6 Å². The highest BCUT2D eigenvalue weighted by Gasteiger charge is 2.14. The Balaban J connectivity index is 1.93. The summed E-state index contributed by atoms with van der Waals surface area (Å²) in [4.78, 5) is 38.4. The highest BCUT2D eigenvalue weighted by atomic mass is 127. The fourth-order valence-electron chi connectivity index (χ4n) is 2.35. The third-order valence-corrected chi connectivity index (χ3v) is 4.73. The summed E-state index contributed by atoms with van der Waals surface area (Å²) in [5.74, 6) is -1.20. The van der Waals surface area contributed by atoms with E-state index in [1.165, 1.54) is 6.07 Å². The molecule has 142 valence electrons. The first-order valence-electron chi connectivity index (χ1n) is 7.80. The molecule has 0 atom stereocenters. The third-order valence-electron chi connectivity index (χ3n) is 3.68. The number of rotatable bonds is 4. The lowest BCUT2D eigenvalue weighted by Gasteiger charge is -2.09. The van der Waals surface area contributed by atoms with Crippen LogP contribution in [0.4, 0.5) is 0 Å². The highest BCUT2D eigenvalue weighted by Crippen LogP contribution is 2.17. The quantitative estimate of drug-likeness (QED) is 0.284. The molecule has 0 bridgehead atoms. The first kappa shape index (κ1) is 19.8. The molecule has 0 fully saturated rings. The van der Waals surface area contributed by atoms with E-state index in [9.17, 15) is 19.5 Å². The number of H-pyrrole nitrogens is 1. The average molecular weight is 511 g/mol. The van der Waals surface area contributed by atoms with E-state index in [1.807, 2.05) is 0 Å². The van der Waals surface area contributed by atoms with Crippen LogP contribution in [0, 0.1) is 3.57 Å². The van der Waals surface area contributed by atoms with E-state index >= 15 is 0 Å². The second-order valence-corrected chi connectivity index (χ2v) is 7.14. The van der Waals surface area contributed by atoms with Crippen LogP contribution < -0.4 is 16.7 Å². The predicted octanol–water partition coefficient (Wildman–Crippen LogP) is 2.25. The van der Waals surface area contributed by atoms with Crippen molar-refractivity contribution in [2.75, 3.05) is 0 Å². The van der Waals surface area contributed by atoms with Gasteiger partial charge < -0.3 is 5.11 Å². The van der Waals surface area contributed by atoms with Gasteiger partial charge in [-0.15, -0.1) is 0 Å². The Kier molecular flexibility index (Phi) is 5.95. The Hall–Kier alpha value is -2.92. The Morgan fingerprint density at radius 1 is 1.18 bits per heavy atom. The van der Waals surface area contributed by atoms with Crippen LogP contribution >= 0.6 is 34.2 Å². The molecule has 3 rings (SSSR count). The first-order chi connectivity index (χ1) is 13.4. The number of carbonyl (C=O) groups excluding carboxylic acids is 1. The lowest BCUT2D eigenvalue weighted by atomic mass is 10.2. The van der Waals surface area contributed by atoms with Crippen LogP contribution in [0.2, 0.25) is 5.02 Å². The third kappa shape index (κ3) is 4.15. The molecule has 0 unspecified atom stereocenters. The van der Waals surface area contributed by atoms with Crippen LogP contribution in [-0.2, 0) is 0 Å². The maximum absolute atomic E-state index is 12.1. The van der Waals surface area contributed by atoms with Crippen molar-refractivity contribution in [2.45, 2.75) is 0 Å². The largest absolute Gasteiger partial charge is 0.493 e. The zero-order valence-corrected chi connectivity index (χ0v) is 16.9. The van der Waals surface area contributed by atoms with Crippen molar-refractivity contribution in [3.63, 3.8) is 0 Å². The smallest absolute Gasteiger partial charge is 0.335 e. The van der Waals surface area contributed by atoms with E-state index in [0.29, 0.717) is 5.69 Å². The van der Waals surface area contributed by atoms with Gasteiger partial charge in [-0.1, -0.05) is 23.7 Å².